The highest BCUT2D eigenvalue weighted by atomic mass is 32.2. The first-order valence-corrected chi connectivity index (χ1v) is 12.0. The Hall–Kier alpha value is -1.98. The molecule has 0 bridgehead atoms. The standard InChI is InChI=1S/C25H36N4S/c1-6-18(4)16-27-25(26)20-13-14-24-22(15-20)29(19(5)17-28(7-2)8-3)21-11-9-10-12-23(21)30-24/h9-15,18-19H,6-8,16-17H2,1-5H3,(H2,26,27)/t18-,19-/m1/s1. The van der Waals surface area contributed by atoms with Gasteiger partial charge in [-0.15, -0.1) is 0 Å². The Morgan fingerprint density at radius 3 is 2.43 bits per heavy atom. The summed E-state index contributed by atoms with van der Waals surface area (Å²) in [6.07, 6.45) is 1.12. The van der Waals surface area contributed by atoms with E-state index in [1.807, 2.05) is 11.8 Å². The lowest BCUT2D eigenvalue weighted by atomic mass is 10.1. The van der Waals surface area contributed by atoms with Crippen LogP contribution in [0.3, 0.4) is 0 Å². The van der Waals surface area contributed by atoms with Gasteiger partial charge in [-0.05, 0) is 50.2 Å². The number of hydrogen-bond donors (Lipinski definition) is 1. The van der Waals surface area contributed by atoms with E-state index in [2.05, 4.69) is 91.9 Å². The van der Waals surface area contributed by atoms with Crippen molar-refractivity contribution in [2.75, 3.05) is 31.1 Å². The number of fused-ring (bicyclic) bond motifs is 2. The van der Waals surface area contributed by atoms with Gasteiger partial charge >= 0.3 is 0 Å². The van der Waals surface area contributed by atoms with Gasteiger partial charge in [0.25, 0.3) is 0 Å². The zero-order chi connectivity index (χ0) is 21.7. The van der Waals surface area contributed by atoms with Crippen molar-refractivity contribution in [2.45, 2.75) is 56.9 Å². The average molecular weight is 425 g/mol. The number of hydrogen-bond acceptors (Lipinski definition) is 4. The molecule has 1 heterocycles. The van der Waals surface area contributed by atoms with Crippen molar-refractivity contribution in [1.29, 1.82) is 0 Å². The van der Waals surface area contributed by atoms with Gasteiger partial charge in [0.1, 0.15) is 5.84 Å². The number of rotatable bonds is 9. The van der Waals surface area contributed by atoms with Crippen LogP contribution in [0.2, 0.25) is 0 Å². The van der Waals surface area contributed by atoms with Crippen LogP contribution in [0.4, 0.5) is 11.4 Å². The molecule has 0 amide bonds. The molecule has 0 saturated carbocycles. The van der Waals surface area contributed by atoms with E-state index in [0.29, 0.717) is 17.8 Å². The minimum atomic E-state index is 0.347. The second-order valence-electron chi connectivity index (χ2n) is 8.20. The molecule has 5 heteroatoms. The minimum absolute atomic E-state index is 0.347. The molecule has 0 aliphatic carbocycles. The number of anilines is 2. The smallest absolute Gasteiger partial charge is 0.125 e. The van der Waals surface area contributed by atoms with E-state index in [4.69, 9.17) is 5.73 Å². The Balaban J connectivity index is 1.98. The van der Waals surface area contributed by atoms with Gasteiger partial charge in [-0.2, -0.15) is 0 Å². The maximum absolute atomic E-state index is 6.39. The maximum Gasteiger partial charge on any atom is 0.125 e. The molecule has 0 aromatic heterocycles. The van der Waals surface area contributed by atoms with Gasteiger partial charge in [0, 0.05) is 34.5 Å². The number of para-hydroxylation sites is 1. The van der Waals surface area contributed by atoms with Crippen LogP contribution >= 0.6 is 11.8 Å². The third kappa shape index (κ3) is 5.01. The van der Waals surface area contributed by atoms with Crippen LogP contribution in [0.15, 0.2) is 57.2 Å². The van der Waals surface area contributed by atoms with Gasteiger partial charge in [0.05, 0.1) is 11.4 Å². The van der Waals surface area contributed by atoms with E-state index in [9.17, 15) is 0 Å². The van der Waals surface area contributed by atoms with Crippen molar-refractivity contribution >= 4 is 29.0 Å². The third-order valence-corrected chi connectivity index (χ3v) is 7.12. The van der Waals surface area contributed by atoms with Crippen LogP contribution in [-0.2, 0) is 0 Å². The average Bonchev–Trinajstić information content (AvgIpc) is 2.78. The fraction of sp³-hybridized carbons (Fsp3) is 0.480. The summed E-state index contributed by atoms with van der Waals surface area (Å²) in [7, 11) is 0. The molecule has 0 unspecified atom stereocenters. The minimum Gasteiger partial charge on any atom is -0.384 e. The lowest BCUT2D eigenvalue weighted by Crippen LogP contribution is -2.41. The van der Waals surface area contributed by atoms with E-state index in [0.717, 1.165) is 38.2 Å². The largest absolute Gasteiger partial charge is 0.384 e. The predicted molar refractivity (Wildman–Crippen MR) is 131 cm³/mol. The first-order valence-electron chi connectivity index (χ1n) is 11.2. The first-order chi connectivity index (χ1) is 14.5. The summed E-state index contributed by atoms with van der Waals surface area (Å²) >= 11 is 1.84. The summed E-state index contributed by atoms with van der Waals surface area (Å²) in [5, 5.41) is 0. The zero-order valence-electron chi connectivity index (χ0n) is 19.1. The van der Waals surface area contributed by atoms with E-state index < -0.39 is 0 Å². The van der Waals surface area contributed by atoms with Crippen LogP contribution < -0.4 is 10.6 Å². The van der Waals surface area contributed by atoms with Gasteiger partial charge in [0.15, 0.2) is 0 Å². The molecular weight excluding hydrogens is 388 g/mol. The molecular formula is C25H36N4S. The fourth-order valence-electron chi connectivity index (χ4n) is 3.83. The number of benzene rings is 2. The number of nitrogens with two attached hydrogens (primary N) is 1. The molecule has 2 aromatic carbocycles. The van der Waals surface area contributed by atoms with E-state index in [1.54, 1.807) is 0 Å². The fourth-order valence-corrected chi connectivity index (χ4v) is 4.88. The Morgan fingerprint density at radius 1 is 1.03 bits per heavy atom. The maximum atomic E-state index is 6.39. The van der Waals surface area contributed by atoms with E-state index in [1.165, 1.54) is 21.2 Å². The molecule has 2 aromatic rings. The van der Waals surface area contributed by atoms with Crippen molar-refractivity contribution in [3.8, 4) is 0 Å². The van der Waals surface area contributed by atoms with Crippen LogP contribution in [0.5, 0.6) is 0 Å². The molecule has 162 valence electrons. The highest BCUT2D eigenvalue weighted by molar-refractivity contribution is 7.99. The Bertz CT molecular complexity index is 875. The molecule has 0 saturated heterocycles. The van der Waals surface area contributed by atoms with Gasteiger partial charge in [-0.1, -0.05) is 64.1 Å². The Labute approximate surface area is 186 Å². The second kappa shape index (κ2) is 10.4. The van der Waals surface area contributed by atoms with Crippen molar-refractivity contribution < 1.29 is 0 Å². The molecule has 2 atom stereocenters. The predicted octanol–water partition coefficient (Wildman–Crippen LogP) is 5.77. The van der Waals surface area contributed by atoms with Crippen LogP contribution in [-0.4, -0.2) is 43.0 Å². The lowest BCUT2D eigenvalue weighted by Gasteiger charge is -2.39. The highest BCUT2D eigenvalue weighted by Crippen LogP contribution is 2.49. The summed E-state index contributed by atoms with van der Waals surface area (Å²) in [6.45, 7) is 15.1. The summed E-state index contributed by atoms with van der Waals surface area (Å²) in [5.74, 6) is 1.19. The summed E-state index contributed by atoms with van der Waals surface area (Å²) in [4.78, 5) is 12.2. The number of nitrogens with zero attached hydrogens (tertiary/aromatic N) is 3. The van der Waals surface area contributed by atoms with Crippen molar-refractivity contribution in [3.63, 3.8) is 0 Å². The van der Waals surface area contributed by atoms with Crippen LogP contribution in [0.25, 0.3) is 0 Å². The molecule has 0 fully saturated rings. The number of amidine groups is 1. The Kier molecular flexibility index (Phi) is 7.84. The normalized spacial score (nSPS) is 15.7. The topological polar surface area (TPSA) is 44.9 Å². The number of likely N-dealkylation sites (N-methyl/N-ethyl adjacent to an activating group) is 1. The Morgan fingerprint density at radius 2 is 1.73 bits per heavy atom. The molecule has 2 N–H and O–H groups in total. The summed E-state index contributed by atoms with van der Waals surface area (Å²) < 4.78 is 0. The first kappa shape index (κ1) is 22.7. The molecule has 1 aliphatic rings. The second-order valence-corrected chi connectivity index (χ2v) is 9.28. The van der Waals surface area contributed by atoms with Crippen molar-refractivity contribution in [3.05, 3.63) is 48.0 Å². The van der Waals surface area contributed by atoms with Crippen LogP contribution in [0.1, 0.15) is 46.6 Å². The molecule has 3 rings (SSSR count). The summed E-state index contributed by atoms with van der Waals surface area (Å²) in [6, 6.07) is 15.6. The number of aliphatic imine (C=N–C) groups is 1. The van der Waals surface area contributed by atoms with E-state index in [-0.39, 0.29) is 0 Å². The molecule has 1 aliphatic heterocycles. The molecule has 4 nitrogen and oxygen atoms in total. The zero-order valence-corrected chi connectivity index (χ0v) is 19.9. The third-order valence-electron chi connectivity index (χ3n) is 5.99. The monoisotopic (exact) mass is 424 g/mol. The summed E-state index contributed by atoms with van der Waals surface area (Å²) in [5.41, 5.74) is 9.91. The van der Waals surface area contributed by atoms with Crippen LogP contribution in [0, 0.1) is 5.92 Å². The lowest BCUT2D eigenvalue weighted by molar-refractivity contribution is 0.288. The quantitative estimate of drug-likeness (QED) is 0.410. The van der Waals surface area contributed by atoms with Crippen molar-refractivity contribution in [2.24, 2.45) is 16.6 Å². The highest BCUT2D eigenvalue weighted by Gasteiger charge is 2.28. The van der Waals surface area contributed by atoms with Gasteiger partial charge in [0.2, 0.25) is 0 Å². The van der Waals surface area contributed by atoms with Crippen molar-refractivity contribution in [1.82, 2.24) is 4.90 Å². The SMILES string of the molecule is CC[C@@H](C)CN=C(N)c1ccc2c(c1)N([C@H](C)CN(CC)CC)c1ccccc1S2. The van der Waals surface area contributed by atoms with Gasteiger partial charge in [-0.25, -0.2) is 0 Å². The molecule has 30 heavy (non-hydrogen) atoms. The molecule has 0 radical (unpaired) electrons. The van der Waals surface area contributed by atoms with Gasteiger partial charge < -0.3 is 15.5 Å². The molecule has 0 spiro atoms. The van der Waals surface area contributed by atoms with Gasteiger partial charge in [-0.3, -0.25) is 4.99 Å². The van der Waals surface area contributed by atoms with E-state index >= 15 is 0 Å².